The highest BCUT2D eigenvalue weighted by Crippen LogP contribution is 2.27. The number of amides is 1. The molecule has 0 radical (unpaired) electrons. The molecule has 0 bridgehead atoms. The molecule has 6 heteroatoms. The van der Waals surface area contributed by atoms with E-state index >= 15 is 0 Å². The number of carboxylic acid groups (broad SMARTS) is 1. The second-order valence-corrected chi connectivity index (χ2v) is 5.17. The third-order valence-corrected chi connectivity index (χ3v) is 3.76. The average molecular weight is 295 g/mol. The first-order valence-electron chi connectivity index (χ1n) is 6.30. The van der Waals surface area contributed by atoms with Crippen LogP contribution in [0, 0.1) is 18.8 Å². The summed E-state index contributed by atoms with van der Waals surface area (Å²) in [5, 5.41) is 12.2. The molecule has 0 spiro atoms. The van der Waals surface area contributed by atoms with E-state index in [-0.39, 0.29) is 5.91 Å². The van der Waals surface area contributed by atoms with Gasteiger partial charge in [0.15, 0.2) is 0 Å². The van der Waals surface area contributed by atoms with Crippen molar-refractivity contribution in [2.24, 2.45) is 11.8 Å². The Balaban J connectivity index is 2.12. The average Bonchev–Trinajstić information content (AvgIpc) is 2.43. The molecular formula is C14H15ClN2O3. The highest BCUT2D eigenvalue weighted by Gasteiger charge is 2.33. The number of anilines is 1. The minimum Gasteiger partial charge on any atom is -0.481 e. The van der Waals surface area contributed by atoms with Crippen molar-refractivity contribution in [2.45, 2.75) is 19.8 Å². The number of nitrogens with zero attached hydrogens (tertiary/aromatic N) is 1. The number of hydrogen-bond donors (Lipinski definition) is 2. The van der Waals surface area contributed by atoms with Gasteiger partial charge >= 0.3 is 5.97 Å². The van der Waals surface area contributed by atoms with Gasteiger partial charge in [-0.2, -0.15) is 0 Å². The molecule has 0 aliphatic heterocycles. The number of allylic oxidation sites excluding steroid dienone is 2. The van der Waals surface area contributed by atoms with Crippen molar-refractivity contribution in [3.8, 4) is 0 Å². The number of hydrogen-bond acceptors (Lipinski definition) is 3. The number of halogens is 1. The molecular weight excluding hydrogens is 280 g/mol. The summed E-state index contributed by atoms with van der Waals surface area (Å²) in [6.45, 7) is 1.79. The van der Waals surface area contributed by atoms with Gasteiger partial charge in [0, 0.05) is 0 Å². The van der Waals surface area contributed by atoms with E-state index in [0.29, 0.717) is 23.7 Å². The highest BCUT2D eigenvalue weighted by atomic mass is 35.5. The minimum absolute atomic E-state index is 0.301. The fourth-order valence-corrected chi connectivity index (χ4v) is 2.34. The van der Waals surface area contributed by atoms with E-state index in [1.54, 1.807) is 19.1 Å². The highest BCUT2D eigenvalue weighted by molar-refractivity contribution is 6.30. The standard InChI is InChI=1S/C14H15ClN2O3/c1-8-6-9(7-16-12(8)15)17-13(18)10-4-2-3-5-11(10)14(19)20/h2-3,6-7,10-11H,4-5H2,1H3,(H,17,18)(H,19,20). The van der Waals surface area contributed by atoms with Crippen molar-refractivity contribution in [2.75, 3.05) is 5.32 Å². The fraction of sp³-hybridized carbons (Fsp3) is 0.357. The van der Waals surface area contributed by atoms with E-state index in [1.165, 1.54) is 6.20 Å². The number of carbonyl (C=O) groups is 2. The summed E-state index contributed by atoms with van der Waals surface area (Å²) in [6.07, 6.45) is 5.92. The second kappa shape index (κ2) is 6.05. The Morgan fingerprint density at radius 2 is 2.00 bits per heavy atom. The molecule has 0 aromatic carbocycles. The van der Waals surface area contributed by atoms with E-state index in [2.05, 4.69) is 10.3 Å². The Kier molecular flexibility index (Phi) is 4.39. The number of aryl methyl sites for hydroxylation is 1. The first-order chi connectivity index (χ1) is 9.49. The molecule has 0 saturated heterocycles. The lowest BCUT2D eigenvalue weighted by molar-refractivity contribution is -0.146. The molecule has 1 aromatic rings. The summed E-state index contributed by atoms with van der Waals surface area (Å²) < 4.78 is 0. The molecule has 1 amide bonds. The third kappa shape index (κ3) is 3.17. The summed E-state index contributed by atoms with van der Waals surface area (Å²) in [7, 11) is 0. The molecule has 1 aromatic heterocycles. The zero-order valence-corrected chi connectivity index (χ0v) is 11.7. The number of nitrogens with one attached hydrogen (secondary N) is 1. The lowest BCUT2D eigenvalue weighted by Crippen LogP contribution is -2.34. The Morgan fingerprint density at radius 3 is 2.60 bits per heavy atom. The van der Waals surface area contributed by atoms with Crippen molar-refractivity contribution in [3.63, 3.8) is 0 Å². The maximum atomic E-state index is 12.2. The van der Waals surface area contributed by atoms with E-state index < -0.39 is 17.8 Å². The lowest BCUT2D eigenvalue weighted by Gasteiger charge is -2.24. The van der Waals surface area contributed by atoms with Crippen LogP contribution in [-0.4, -0.2) is 22.0 Å². The van der Waals surface area contributed by atoms with Crippen molar-refractivity contribution in [1.82, 2.24) is 4.98 Å². The van der Waals surface area contributed by atoms with Crippen molar-refractivity contribution in [3.05, 3.63) is 35.1 Å². The fourth-order valence-electron chi connectivity index (χ4n) is 2.24. The first-order valence-corrected chi connectivity index (χ1v) is 6.67. The maximum Gasteiger partial charge on any atom is 0.307 e. The summed E-state index contributed by atoms with van der Waals surface area (Å²) in [6, 6.07) is 1.71. The quantitative estimate of drug-likeness (QED) is 0.663. The van der Waals surface area contributed by atoms with E-state index in [0.717, 1.165) is 5.56 Å². The number of aromatic nitrogens is 1. The molecule has 2 rings (SSSR count). The molecule has 2 unspecified atom stereocenters. The smallest absolute Gasteiger partial charge is 0.307 e. The normalized spacial score (nSPS) is 21.5. The van der Waals surface area contributed by atoms with Gasteiger partial charge in [-0.1, -0.05) is 23.8 Å². The van der Waals surface area contributed by atoms with Crippen LogP contribution in [0.4, 0.5) is 5.69 Å². The Hall–Kier alpha value is -1.88. The van der Waals surface area contributed by atoms with E-state index in [9.17, 15) is 9.59 Å². The van der Waals surface area contributed by atoms with Crippen LogP contribution in [0.1, 0.15) is 18.4 Å². The molecule has 0 fully saturated rings. The van der Waals surface area contributed by atoms with Crippen molar-refractivity contribution >= 4 is 29.2 Å². The molecule has 0 saturated carbocycles. The van der Waals surface area contributed by atoms with Crippen LogP contribution < -0.4 is 5.32 Å². The van der Waals surface area contributed by atoms with Gasteiger partial charge in [-0.3, -0.25) is 9.59 Å². The SMILES string of the molecule is Cc1cc(NC(=O)C2CC=CCC2C(=O)O)cnc1Cl. The summed E-state index contributed by atoms with van der Waals surface area (Å²) in [5.41, 5.74) is 1.28. The van der Waals surface area contributed by atoms with Crippen LogP contribution in [0.25, 0.3) is 0 Å². The van der Waals surface area contributed by atoms with Crippen LogP contribution in [-0.2, 0) is 9.59 Å². The Morgan fingerprint density at radius 1 is 1.35 bits per heavy atom. The topological polar surface area (TPSA) is 79.3 Å². The second-order valence-electron chi connectivity index (χ2n) is 4.81. The zero-order valence-electron chi connectivity index (χ0n) is 11.0. The van der Waals surface area contributed by atoms with Gasteiger partial charge in [-0.25, -0.2) is 4.98 Å². The predicted molar refractivity (Wildman–Crippen MR) is 75.6 cm³/mol. The zero-order chi connectivity index (χ0) is 14.7. The molecule has 1 aliphatic rings. The number of carbonyl (C=O) groups excluding carboxylic acids is 1. The van der Waals surface area contributed by atoms with E-state index in [4.69, 9.17) is 16.7 Å². The third-order valence-electron chi connectivity index (χ3n) is 3.37. The molecule has 2 N–H and O–H groups in total. The van der Waals surface area contributed by atoms with Crippen molar-refractivity contribution < 1.29 is 14.7 Å². The van der Waals surface area contributed by atoms with Gasteiger partial charge in [0.2, 0.25) is 5.91 Å². The van der Waals surface area contributed by atoms with E-state index in [1.807, 2.05) is 6.08 Å². The van der Waals surface area contributed by atoms with Crippen LogP contribution in [0.3, 0.4) is 0 Å². The number of pyridine rings is 1. The molecule has 106 valence electrons. The molecule has 5 nitrogen and oxygen atoms in total. The van der Waals surface area contributed by atoms with Crippen LogP contribution >= 0.6 is 11.6 Å². The number of carboxylic acids is 1. The number of aliphatic carboxylic acids is 1. The van der Waals surface area contributed by atoms with Gasteiger partial charge in [0.25, 0.3) is 0 Å². The molecule has 1 aliphatic carbocycles. The van der Waals surface area contributed by atoms with Gasteiger partial charge in [-0.05, 0) is 31.4 Å². The predicted octanol–water partition coefficient (Wildman–Crippen LogP) is 2.65. The summed E-state index contributed by atoms with van der Waals surface area (Å²) in [5.74, 6) is -2.49. The Bertz CT molecular complexity index is 572. The molecule has 2 atom stereocenters. The van der Waals surface area contributed by atoms with Gasteiger partial charge in [0.1, 0.15) is 5.15 Å². The van der Waals surface area contributed by atoms with Crippen molar-refractivity contribution in [1.29, 1.82) is 0 Å². The number of rotatable bonds is 3. The Labute approximate surface area is 121 Å². The van der Waals surface area contributed by atoms with Gasteiger partial charge in [0.05, 0.1) is 23.7 Å². The maximum absolute atomic E-state index is 12.2. The van der Waals surface area contributed by atoms with Crippen LogP contribution in [0.5, 0.6) is 0 Å². The minimum atomic E-state index is -0.945. The molecule has 20 heavy (non-hydrogen) atoms. The lowest BCUT2D eigenvalue weighted by atomic mass is 9.82. The van der Waals surface area contributed by atoms with Gasteiger partial charge < -0.3 is 10.4 Å². The largest absolute Gasteiger partial charge is 0.481 e. The van der Waals surface area contributed by atoms with Gasteiger partial charge in [-0.15, -0.1) is 0 Å². The summed E-state index contributed by atoms with van der Waals surface area (Å²) in [4.78, 5) is 27.3. The van der Waals surface area contributed by atoms with Crippen LogP contribution in [0.15, 0.2) is 24.4 Å². The monoisotopic (exact) mass is 294 g/mol. The summed E-state index contributed by atoms with van der Waals surface area (Å²) >= 11 is 5.82. The van der Waals surface area contributed by atoms with Crippen LogP contribution in [0.2, 0.25) is 5.15 Å². The first kappa shape index (κ1) is 14.5. The molecule has 1 heterocycles.